The number of thiazole rings is 1. The molecule has 2 aromatic heterocycles. The zero-order chi connectivity index (χ0) is 26.5. The van der Waals surface area contributed by atoms with Crippen molar-refractivity contribution in [2.75, 3.05) is 18.5 Å². The summed E-state index contributed by atoms with van der Waals surface area (Å²) in [5, 5.41) is 5.54. The minimum absolute atomic E-state index is 0.00697. The molecule has 9 nitrogen and oxygen atoms in total. The van der Waals surface area contributed by atoms with E-state index in [1.165, 1.54) is 11.6 Å². The largest absolute Gasteiger partial charge is 0.466 e. The van der Waals surface area contributed by atoms with Gasteiger partial charge in [-0.05, 0) is 30.9 Å². The van der Waals surface area contributed by atoms with Crippen LogP contribution in [-0.4, -0.2) is 40.6 Å². The molecule has 10 heteroatoms. The lowest BCUT2D eigenvalue weighted by Gasteiger charge is -2.17. The second-order valence-corrected chi connectivity index (χ2v) is 9.11. The minimum atomic E-state index is -0.807. The fourth-order valence-corrected chi connectivity index (χ4v) is 4.60. The van der Waals surface area contributed by atoms with Crippen LogP contribution in [0.4, 0.5) is 5.13 Å². The molecule has 0 spiro atoms. The van der Waals surface area contributed by atoms with Crippen LogP contribution in [0.25, 0.3) is 21.9 Å². The van der Waals surface area contributed by atoms with Gasteiger partial charge in [0.2, 0.25) is 0 Å². The van der Waals surface area contributed by atoms with Gasteiger partial charge >= 0.3 is 11.9 Å². The molecule has 190 valence electrons. The molecule has 0 atom stereocenters. The number of nitrogens with zero attached hydrogens (tertiary/aromatic N) is 2. The molecule has 2 heterocycles. The van der Waals surface area contributed by atoms with E-state index in [2.05, 4.69) is 10.3 Å². The molecular weight excluding hydrogens is 494 g/mol. The molecule has 0 fully saturated rings. The summed E-state index contributed by atoms with van der Waals surface area (Å²) in [5.41, 5.74) is 2.50. The number of anilines is 1. The maximum atomic E-state index is 13.2. The minimum Gasteiger partial charge on any atom is -0.466 e. The first-order valence-electron chi connectivity index (χ1n) is 11.5. The number of aromatic nitrogens is 2. The number of pyridine rings is 1. The van der Waals surface area contributed by atoms with Gasteiger partial charge in [-0.25, -0.2) is 9.78 Å². The highest BCUT2D eigenvalue weighted by Gasteiger charge is 2.23. The molecule has 1 amide bonds. The van der Waals surface area contributed by atoms with E-state index in [0.29, 0.717) is 22.0 Å². The van der Waals surface area contributed by atoms with Gasteiger partial charge in [0.1, 0.15) is 5.69 Å². The predicted molar refractivity (Wildman–Crippen MR) is 141 cm³/mol. The van der Waals surface area contributed by atoms with Crippen molar-refractivity contribution in [3.8, 4) is 11.1 Å². The van der Waals surface area contributed by atoms with Crippen LogP contribution in [0.5, 0.6) is 0 Å². The smallest absolute Gasteiger partial charge is 0.356 e. The first-order chi connectivity index (χ1) is 17.8. The van der Waals surface area contributed by atoms with Crippen molar-refractivity contribution in [3.63, 3.8) is 0 Å². The van der Waals surface area contributed by atoms with E-state index in [1.807, 2.05) is 31.2 Å². The van der Waals surface area contributed by atoms with Gasteiger partial charge in [-0.15, -0.1) is 11.3 Å². The van der Waals surface area contributed by atoms with E-state index < -0.39 is 24.5 Å². The lowest BCUT2D eigenvalue weighted by Crippen LogP contribution is -2.28. The van der Waals surface area contributed by atoms with Crippen LogP contribution in [0.3, 0.4) is 0 Å². The lowest BCUT2D eigenvalue weighted by atomic mass is 9.96. The van der Waals surface area contributed by atoms with Crippen LogP contribution in [0.1, 0.15) is 28.7 Å². The summed E-state index contributed by atoms with van der Waals surface area (Å²) in [6.07, 6.45) is -0.00697. The first kappa shape index (κ1) is 25.8. The maximum Gasteiger partial charge on any atom is 0.356 e. The highest BCUT2D eigenvalue weighted by Crippen LogP contribution is 2.31. The predicted octanol–water partition coefficient (Wildman–Crippen LogP) is 3.87. The number of carbonyl (C=O) groups excluding carboxylic acids is 3. The van der Waals surface area contributed by atoms with Gasteiger partial charge < -0.3 is 14.0 Å². The Bertz CT molecular complexity index is 1540. The number of esters is 2. The summed E-state index contributed by atoms with van der Waals surface area (Å²) < 4.78 is 11.5. The standard InChI is InChI=1S/C27H25N3O6S/c1-4-35-22(32)13-18-15-37-27(28-18)29-21(31)14-36-26(34)24-23(17-11-9-16(2)10-12-17)19-7-5-6-8-20(19)25(33)30(24)3/h5-12,15H,4,13-14H2,1-3H3,(H,28,29,31). The molecule has 2 aromatic carbocycles. The van der Waals surface area contributed by atoms with Gasteiger partial charge in [0.15, 0.2) is 11.7 Å². The number of hydrogen-bond donors (Lipinski definition) is 1. The van der Waals surface area contributed by atoms with Gasteiger partial charge in [0, 0.05) is 23.4 Å². The number of hydrogen-bond acceptors (Lipinski definition) is 8. The highest BCUT2D eigenvalue weighted by atomic mass is 32.1. The zero-order valence-corrected chi connectivity index (χ0v) is 21.4. The molecule has 0 bridgehead atoms. The molecule has 0 aliphatic heterocycles. The number of ether oxygens (including phenoxy) is 2. The fraction of sp³-hybridized carbons (Fsp3) is 0.222. The van der Waals surface area contributed by atoms with Crippen LogP contribution in [0.15, 0.2) is 58.7 Å². The number of amides is 1. The van der Waals surface area contributed by atoms with Crippen molar-refractivity contribution >= 4 is 45.1 Å². The summed E-state index contributed by atoms with van der Waals surface area (Å²) >= 11 is 1.14. The molecule has 0 aliphatic carbocycles. The van der Waals surface area contributed by atoms with Gasteiger partial charge in [0.25, 0.3) is 11.5 Å². The van der Waals surface area contributed by atoms with Crippen molar-refractivity contribution in [1.29, 1.82) is 0 Å². The van der Waals surface area contributed by atoms with E-state index in [-0.39, 0.29) is 29.4 Å². The zero-order valence-electron chi connectivity index (χ0n) is 20.6. The second-order valence-electron chi connectivity index (χ2n) is 8.25. The molecule has 0 radical (unpaired) electrons. The summed E-state index contributed by atoms with van der Waals surface area (Å²) in [6, 6.07) is 14.6. The second kappa shape index (κ2) is 11.2. The van der Waals surface area contributed by atoms with Crippen molar-refractivity contribution in [2.24, 2.45) is 7.05 Å². The molecular formula is C27H25N3O6S. The van der Waals surface area contributed by atoms with Crippen LogP contribution in [0, 0.1) is 6.92 Å². The Morgan fingerprint density at radius 2 is 1.73 bits per heavy atom. The van der Waals surface area contributed by atoms with E-state index >= 15 is 0 Å². The number of carbonyl (C=O) groups is 3. The van der Waals surface area contributed by atoms with Crippen LogP contribution >= 0.6 is 11.3 Å². The Labute approximate surface area is 216 Å². The number of benzene rings is 2. The van der Waals surface area contributed by atoms with Gasteiger partial charge in [-0.2, -0.15) is 0 Å². The molecule has 0 saturated heterocycles. The van der Waals surface area contributed by atoms with Crippen molar-refractivity contribution in [2.45, 2.75) is 20.3 Å². The Balaban J connectivity index is 1.56. The molecule has 4 aromatic rings. The van der Waals surface area contributed by atoms with E-state index in [1.54, 1.807) is 36.6 Å². The van der Waals surface area contributed by atoms with E-state index in [0.717, 1.165) is 22.5 Å². The van der Waals surface area contributed by atoms with E-state index in [4.69, 9.17) is 9.47 Å². The Morgan fingerprint density at radius 1 is 1.03 bits per heavy atom. The third-order valence-electron chi connectivity index (χ3n) is 5.60. The molecule has 0 saturated carbocycles. The third kappa shape index (κ3) is 5.75. The Morgan fingerprint density at radius 3 is 2.43 bits per heavy atom. The maximum absolute atomic E-state index is 13.2. The number of nitrogens with one attached hydrogen (secondary N) is 1. The first-order valence-corrected chi connectivity index (χ1v) is 12.4. The number of rotatable bonds is 8. The topological polar surface area (TPSA) is 117 Å². The van der Waals surface area contributed by atoms with Crippen LogP contribution < -0.4 is 10.9 Å². The lowest BCUT2D eigenvalue weighted by molar-refractivity contribution is -0.142. The highest BCUT2D eigenvalue weighted by molar-refractivity contribution is 7.13. The van der Waals surface area contributed by atoms with Crippen LogP contribution in [-0.2, 0) is 32.5 Å². The van der Waals surface area contributed by atoms with Gasteiger partial charge in [0.05, 0.1) is 18.7 Å². The Kier molecular flexibility index (Phi) is 7.78. The normalized spacial score (nSPS) is 10.8. The average molecular weight is 520 g/mol. The number of fused-ring (bicyclic) bond motifs is 1. The summed E-state index contributed by atoms with van der Waals surface area (Å²) in [5.74, 6) is -1.82. The van der Waals surface area contributed by atoms with Gasteiger partial charge in [-0.3, -0.25) is 19.7 Å². The molecule has 4 rings (SSSR count). The summed E-state index contributed by atoms with van der Waals surface area (Å²) in [7, 11) is 1.50. The molecule has 0 aliphatic rings. The number of aryl methyl sites for hydroxylation is 1. The monoisotopic (exact) mass is 519 g/mol. The third-order valence-corrected chi connectivity index (χ3v) is 6.41. The van der Waals surface area contributed by atoms with E-state index in [9.17, 15) is 19.2 Å². The average Bonchev–Trinajstić information content (AvgIpc) is 3.31. The van der Waals surface area contributed by atoms with Crippen molar-refractivity contribution in [1.82, 2.24) is 9.55 Å². The summed E-state index contributed by atoms with van der Waals surface area (Å²) in [6.45, 7) is 3.36. The SMILES string of the molecule is CCOC(=O)Cc1csc(NC(=O)COC(=O)c2c(-c3ccc(C)cc3)c3ccccc3c(=O)n2C)n1. The van der Waals surface area contributed by atoms with Gasteiger partial charge in [-0.1, -0.05) is 48.0 Å². The fourth-order valence-electron chi connectivity index (χ4n) is 3.88. The van der Waals surface area contributed by atoms with Crippen LogP contribution in [0.2, 0.25) is 0 Å². The molecule has 37 heavy (non-hydrogen) atoms. The molecule has 1 N–H and O–H groups in total. The summed E-state index contributed by atoms with van der Waals surface area (Å²) in [4.78, 5) is 54.5. The Hall–Kier alpha value is -4.31. The molecule has 0 unspecified atom stereocenters. The van der Waals surface area contributed by atoms with Crippen molar-refractivity contribution in [3.05, 3.63) is 81.2 Å². The van der Waals surface area contributed by atoms with Crippen molar-refractivity contribution < 1.29 is 23.9 Å². The quantitative estimate of drug-likeness (QED) is 0.351.